The summed E-state index contributed by atoms with van der Waals surface area (Å²) in [5.41, 5.74) is 7.20. The normalized spacial score (nSPS) is 20.9. The van der Waals surface area contributed by atoms with E-state index in [9.17, 15) is 5.11 Å². The van der Waals surface area contributed by atoms with E-state index in [1.165, 1.54) is 22.3 Å². The van der Waals surface area contributed by atoms with Crippen LogP contribution >= 0.6 is 23.2 Å². The molecule has 0 amide bonds. The highest BCUT2D eigenvalue weighted by atomic mass is 35.5. The summed E-state index contributed by atoms with van der Waals surface area (Å²) in [6.45, 7) is 5.66. The molecule has 1 N–H and O–H groups in total. The molecule has 1 aliphatic carbocycles. The number of aliphatic hydroxyl groups is 1. The van der Waals surface area contributed by atoms with Gasteiger partial charge in [-0.3, -0.25) is 9.88 Å². The summed E-state index contributed by atoms with van der Waals surface area (Å²) in [4.78, 5) is 6.65. The van der Waals surface area contributed by atoms with Crippen molar-refractivity contribution in [3.05, 3.63) is 68.5 Å². The van der Waals surface area contributed by atoms with E-state index in [0.717, 1.165) is 30.0 Å². The van der Waals surface area contributed by atoms with Crippen molar-refractivity contribution in [1.29, 1.82) is 0 Å². The lowest BCUT2D eigenvalue weighted by Crippen LogP contribution is -2.41. The summed E-state index contributed by atoms with van der Waals surface area (Å²) in [5, 5.41) is 12.1. The first-order valence-electron chi connectivity index (χ1n) is 8.99. The number of aromatic nitrogens is 1. The quantitative estimate of drug-likeness (QED) is 0.817. The van der Waals surface area contributed by atoms with Gasteiger partial charge in [0.25, 0.3) is 0 Å². The fourth-order valence-corrected chi connectivity index (χ4v) is 4.42. The number of halogens is 2. The Morgan fingerprint density at radius 1 is 1.31 bits per heavy atom. The largest absolute Gasteiger partial charge is 0.385 e. The van der Waals surface area contributed by atoms with Crippen molar-refractivity contribution < 1.29 is 5.11 Å². The Kier molecular flexibility index (Phi) is 4.83. The Labute approximate surface area is 164 Å². The highest BCUT2D eigenvalue weighted by Crippen LogP contribution is 2.42. The van der Waals surface area contributed by atoms with Crippen molar-refractivity contribution in [3.8, 4) is 0 Å². The summed E-state index contributed by atoms with van der Waals surface area (Å²) in [5.74, 6) is 0. The molecule has 0 saturated carbocycles. The molecule has 1 aromatic heterocycles. The molecule has 1 aliphatic heterocycles. The van der Waals surface area contributed by atoms with Crippen LogP contribution in [0.5, 0.6) is 0 Å². The van der Waals surface area contributed by atoms with Crippen LogP contribution in [0.4, 0.5) is 0 Å². The van der Waals surface area contributed by atoms with Gasteiger partial charge in [0.15, 0.2) is 0 Å². The predicted molar refractivity (Wildman–Crippen MR) is 107 cm³/mol. The van der Waals surface area contributed by atoms with Crippen LogP contribution in [0.15, 0.2) is 36.0 Å². The second kappa shape index (κ2) is 6.97. The lowest BCUT2D eigenvalue weighted by molar-refractivity contribution is 0.0947. The third-order valence-corrected chi connectivity index (χ3v) is 6.31. The van der Waals surface area contributed by atoms with Crippen LogP contribution in [0.1, 0.15) is 41.8 Å². The Hall–Kier alpha value is -1.39. The number of benzene rings is 1. The number of aliphatic hydroxyl groups excluding tert-OH is 1. The highest BCUT2D eigenvalue weighted by Gasteiger charge is 2.33. The summed E-state index contributed by atoms with van der Waals surface area (Å²) in [6, 6.07) is 8.38. The molecule has 3 nitrogen and oxygen atoms in total. The van der Waals surface area contributed by atoms with Gasteiger partial charge in [-0.25, -0.2) is 0 Å². The van der Waals surface area contributed by atoms with Crippen molar-refractivity contribution in [2.75, 3.05) is 13.1 Å². The van der Waals surface area contributed by atoms with E-state index in [2.05, 4.69) is 28.9 Å². The van der Waals surface area contributed by atoms with Crippen molar-refractivity contribution in [2.45, 2.75) is 38.8 Å². The van der Waals surface area contributed by atoms with Gasteiger partial charge in [-0.15, -0.1) is 0 Å². The maximum atomic E-state index is 10.7. The Morgan fingerprint density at radius 2 is 2.12 bits per heavy atom. The van der Waals surface area contributed by atoms with Crippen LogP contribution in [0.2, 0.25) is 10.0 Å². The predicted octanol–water partition coefficient (Wildman–Crippen LogP) is 4.83. The minimum atomic E-state index is -0.617. The Balaban J connectivity index is 1.52. The van der Waals surface area contributed by atoms with Gasteiger partial charge in [0.2, 0.25) is 0 Å². The van der Waals surface area contributed by atoms with E-state index in [0.29, 0.717) is 23.3 Å². The number of rotatable bonds is 3. The van der Waals surface area contributed by atoms with Gasteiger partial charge in [0, 0.05) is 30.4 Å². The molecule has 2 atom stereocenters. The third-order valence-electron chi connectivity index (χ3n) is 5.68. The molecule has 2 heterocycles. The summed E-state index contributed by atoms with van der Waals surface area (Å²) < 4.78 is 0. The zero-order chi connectivity index (χ0) is 18.4. The zero-order valence-electron chi connectivity index (χ0n) is 15.0. The van der Waals surface area contributed by atoms with Gasteiger partial charge in [0.05, 0.1) is 10.7 Å². The number of nitrogens with zero attached hydrogens (tertiary/aromatic N) is 2. The number of aryl methyl sites for hydroxylation is 1. The number of hydrogen-bond acceptors (Lipinski definition) is 3. The fourth-order valence-electron chi connectivity index (χ4n) is 4.14. The number of β-amino-alcohol motifs (C(OH)–C–C–N with tert-alkyl or cyclic N) is 1. The van der Waals surface area contributed by atoms with Gasteiger partial charge < -0.3 is 5.11 Å². The van der Waals surface area contributed by atoms with Crippen molar-refractivity contribution in [1.82, 2.24) is 9.88 Å². The minimum Gasteiger partial charge on any atom is -0.385 e. The molecule has 2 unspecified atom stereocenters. The lowest BCUT2D eigenvalue weighted by atomic mass is 9.93. The van der Waals surface area contributed by atoms with Gasteiger partial charge in [-0.05, 0) is 72.7 Å². The lowest BCUT2D eigenvalue weighted by Gasteiger charge is -2.36. The molecule has 1 aromatic carbocycles. The molecule has 0 saturated heterocycles. The van der Waals surface area contributed by atoms with Crippen LogP contribution < -0.4 is 0 Å². The van der Waals surface area contributed by atoms with Gasteiger partial charge in [-0.1, -0.05) is 29.3 Å². The molecular weight excluding hydrogens is 367 g/mol. The average molecular weight is 389 g/mol. The SMILES string of the molecule is Cc1cc(C(O)CN2CCC3=C(Cc4ccc(Cl)cc43)C2C)ncc1Cl. The van der Waals surface area contributed by atoms with E-state index >= 15 is 0 Å². The van der Waals surface area contributed by atoms with Crippen LogP contribution in [0.3, 0.4) is 0 Å². The summed E-state index contributed by atoms with van der Waals surface area (Å²) in [6.07, 6.45) is 2.97. The molecule has 4 rings (SSSR count). The van der Waals surface area contributed by atoms with Crippen LogP contribution in [0.25, 0.3) is 5.57 Å². The number of hydrogen-bond donors (Lipinski definition) is 1. The van der Waals surface area contributed by atoms with E-state index in [1.807, 2.05) is 19.1 Å². The number of pyridine rings is 1. The number of fused-ring (bicyclic) bond motifs is 2. The molecule has 0 spiro atoms. The molecule has 0 radical (unpaired) electrons. The van der Waals surface area contributed by atoms with Gasteiger partial charge >= 0.3 is 0 Å². The molecule has 2 aliphatic rings. The standard InChI is InChI=1S/C21H22Cl2N2O/c1-12-7-20(24-10-19(12)23)21(26)11-25-6-5-16-17(13(25)2)8-14-3-4-15(22)9-18(14)16/h3-4,7,9-10,13,21,26H,5-6,8,11H2,1-2H3. The van der Waals surface area contributed by atoms with E-state index in [4.69, 9.17) is 23.2 Å². The topological polar surface area (TPSA) is 36.4 Å². The molecule has 26 heavy (non-hydrogen) atoms. The van der Waals surface area contributed by atoms with Crippen molar-refractivity contribution in [2.24, 2.45) is 0 Å². The zero-order valence-corrected chi connectivity index (χ0v) is 16.5. The first kappa shape index (κ1) is 18.0. The summed E-state index contributed by atoms with van der Waals surface area (Å²) in [7, 11) is 0. The maximum absolute atomic E-state index is 10.7. The fraction of sp³-hybridized carbons (Fsp3) is 0.381. The Morgan fingerprint density at radius 3 is 2.88 bits per heavy atom. The highest BCUT2D eigenvalue weighted by molar-refractivity contribution is 6.31. The van der Waals surface area contributed by atoms with Crippen molar-refractivity contribution in [3.63, 3.8) is 0 Å². The molecule has 5 heteroatoms. The van der Waals surface area contributed by atoms with E-state index in [1.54, 1.807) is 6.20 Å². The molecular formula is C21H22Cl2N2O. The molecule has 136 valence electrons. The molecule has 0 bridgehead atoms. The second-order valence-corrected chi connectivity index (χ2v) is 8.12. The Bertz CT molecular complexity index is 894. The first-order chi connectivity index (χ1) is 12.4. The van der Waals surface area contributed by atoms with E-state index in [-0.39, 0.29) is 0 Å². The smallest absolute Gasteiger partial charge is 0.109 e. The average Bonchev–Trinajstić information content (AvgIpc) is 2.98. The molecule has 0 fully saturated rings. The second-order valence-electron chi connectivity index (χ2n) is 7.28. The summed E-state index contributed by atoms with van der Waals surface area (Å²) >= 11 is 12.2. The molecule has 2 aromatic rings. The first-order valence-corrected chi connectivity index (χ1v) is 9.74. The van der Waals surface area contributed by atoms with Crippen molar-refractivity contribution >= 4 is 28.8 Å². The minimum absolute atomic E-state index is 0.299. The van der Waals surface area contributed by atoms with Gasteiger partial charge in [0.1, 0.15) is 6.10 Å². The van der Waals surface area contributed by atoms with E-state index < -0.39 is 6.10 Å². The third kappa shape index (κ3) is 3.18. The maximum Gasteiger partial charge on any atom is 0.109 e. The van der Waals surface area contributed by atoms with Crippen LogP contribution in [-0.2, 0) is 6.42 Å². The van der Waals surface area contributed by atoms with Crippen LogP contribution in [0, 0.1) is 6.92 Å². The van der Waals surface area contributed by atoms with Crippen LogP contribution in [-0.4, -0.2) is 34.1 Å². The monoisotopic (exact) mass is 388 g/mol. The van der Waals surface area contributed by atoms with Gasteiger partial charge in [-0.2, -0.15) is 0 Å².